The highest BCUT2D eigenvalue weighted by atomic mass is 79.9. The molecule has 0 aliphatic carbocycles. The molecule has 2 aromatic rings. The lowest BCUT2D eigenvalue weighted by molar-refractivity contribution is -0.151. The summed E-state index contributed by atoms with van der Waals surface area (Å²) in [6, 6.07) is 12.4. The SMILES string of the molecule is Cc1ccc(N2C(=O)[C@@H]3C(=O)Oc4ccc(Br)cc4[C@H]3[C@@H](C)C2=O)cc1. The molecule has 1 fully saturated rings. The van der Waals surface area contributed by atoms with E-state index in [0.29, 0.717) is 17.0 Å². The largest absolute Gasteiger partial charge is 0.426 e. The van der Waals surface area contributed by atoms with Crippen LogP contribution in [0.15, 0.2) is 46.9 Å². The number of amides is 2. The van der Waals surface area contributed by atoms with Gasteiger partial charge in [0, 0.05) is 21.9 Å². The summed E-state index contributed by atoms with van der Waals surface area (Å²) in [5, 5.41) is 0. The summed E-state index contributed by atoms with van der Waals surface area (Å²) in [6.45, 7) is 3.69. The van der Waals surface area contributed by atoms with Crippen molar-refractivity contribution in [3.8, 4) is 5.75 Å². The number of fused-ring (bicyclic) bond motifs is 3. The van der Waals surface area contributed by atoms with E-state index in [2.05, 4.69) is 15.9 Å². The van der Waals surface area contributed by atoms with E-state index in [9.17, 15) is 14.4 Å². The second kappa shape index (κ2) is 6.06. The standard InChI is InChI=1S/C20H16BrNO4/c1-10-3-6-13(7-4-10)22-18(23)11(2)16-14-9-12(21)5-8-15(14)26-20(25)17(16)19(22)24/h3-9,11,16-17H,1-2H3/t11-,16-,17-/m1/s1. The van der Waals surface area contributed by atoms with E-state index in [1.807, 2.05) is 25.1 Å². The van der Waals surface area contributed by atoms with Crippen LogP contribution in [-0.4, -0.2) is 17.8 Å². The minimum Gasteiger partial charge on any atom is -0.426 e. The van der Waals surface area contributed by atoms with Gasteiger partial charge in [0.15, 0.2) is 0 Å². The van der Waals surface area contributed by atoms with Crippen molar-refractivity contribution in [2.45, 2.75) is 19.8 Å². The van der Waals surface area contributed by atoms with E-state index in [4.69, 9.17) is 4.74 Å². The molecule has 26 heavy (non-hydrogen) atoms. The zero-order valence-electron chi connectivity index (χ0n) is 14.2. The van der Waals surface area contributed by atoms with Gasteiger partial charge in [-0.05, 0) is 37.3 Å². The minimum atomic E-state index is -1.02. The third kappa shape index (κ3) is 2.48. The molecule has 2 aromatic carbocycles. The molecule has 0 saturated carbocycles. The number of aryl methyl sites for hydroxylation is 1. The molecule has 4 rings (SSSR count). The predicted octanol–water partition coefficient (Wildman–Crippen LogP) is 3.59. The van der Waals surface area contributed by atoms with Crippen molar-refractivity contribution >= 4 is 39.4 Å². The Balaban J connectivity index is 1.82. The van der Waals surface area contributed by atoms with E-state index in [-0.39, 0.29) is 5.91 Å². The van der Waals surface area contributed by atoms with Crippen molar-refractivity contribution in [1.29, 1.82) is 0 Å². The average Bonchev–Trinajstić information content (AvgIpc) is 2.61. The second-order valence-electron chi connectivity index (χ2n) is 6.74. The molecule has 1 saturated heterocycles. The van der Waals surface area contributed by atoms with Crippen LogP contribution in [0.2, 0.25) is 0 Å². The molecule has 6 heteroatoms. The van der Waals surface area contributed by atoms with Crippen LogP contribution < -0.4 is 9.64 Å². The number of anilines is 1. The Morgan fingerprint density at radius 3 is 2.38 bits per heavy atom. The maximum Gasteiger partial charge on any atom is 0.324 e. The maximum atomic E-state index is 13.1. The number of hydrogen-bond acceptors (Lipinski definition) is 4. The quantitative estimate of drug-likeness (QED) is 0.310. The lowest BCUT2D eigenvalue weighted by Crippen LogP contribution is -2.57. The number of hydrogen-bond donors (Lipinski definition) is 0. The van der Waals surface area contributed by atoms with Gasteiger partial charge >= 0.3 is 5.97 Å². The highest BCUT2D eigenvalue weighted by Crippen LogP contribution is 2.47. The summed E-state index contributed by atoms with van der Waals surface area (Å²) >= 11 is 3.41. The monoisotopic (exact) mass is 413 g/mol. The Morgan fingerprint density at radius 2 is 1.69 bits per heavy atom. The Kier molecular flexibility index (Phi) is 3.95. The molecule has 0 unspecified atom stereocenters. The number of benzene rings is 2. The molecule has 0 radical (unpaired) electrons. The first-order valence-electron chi connectivity index (χ1n) is 8.34. The van der Waals surface area contributed by atoms with E-state index >= 15 is 0 Å². The molecule has 2 amide bonds. The first-order valence-corrected chi connectivity index (χ1v) is 9.13. The highest BCUT2D eigenvalue weighted by molar-refractivity contribution is 9.10. The van der Waals surface area contributed by atoms with E-state index < -0.39 is 29.6 Å². The van der Waals surface area contributed by atoms with Gasteiger partial charge in [0.25, 0.3) is 0 Å². The van der Waals surface area contributed by atoms with Crippen LogP contribution in [0.5, 0.6) is 5.75 Å². The summed E-state index contributed by atoms with van der Waals surface area (Å²) in [4.78, 5) is 39.8. The van der Waals surface area contributed by atoms with Crippen LogP contribution in [0.25, 0.3) is 0 Å². The average molecular weight is 414 g/mol. The molecule has 0 N–H and O–H groups in total. The van der Waals surface area contributed by atoms with Gasteiger partial charge in [0.05, 0.1) is 5.69 Å². The molecule has 0 bridgehead atoms. The second-order valence-corrected chi connectivity index (χ2v) is 7.66. The maximum absolute atomic E-state index is 13.1. The number of halogens is 1. The number of nitrogens with zero attached hydrogens (tertiary/aromatic N) is 1. The van der Waals surface area contributed by atoms with Crippen molar-refractivity contribution in [3.05, 3.63) is 58.1 Å². The zero-order chi connectivity index (χ0) is 18.6. The van der Waals surface area contributed by atoms with Gasteiger partial charge in [-0.15, -0.1) is 0 Å². The smallest absolute Gasteiger partial charge is 0.324 e. The number of carbonyl (C=O) groups is 3. The number of ether oxygens (including phenoxy) is 1. The van der Waals surface area contributed by atoms with E-state index in [1.54, 1.807) is 31.2 Å². The van der Waals surface area contributed by atoms with Gasteiger partial charge in [-0.3, -0.25) is 14.4 Å². The third-order valence-corrected chi connectivity index (χ3v) is 5.58. The summed E-state index contributed by atoms with van der Waals surface area (Å²) in [6.07, 6.45) is 0. The molecule has 2 aliphatic heterocycles. The molecule has 2 aliphatic rings. The van der Waals surface area contributed by atoms with E-state index in [0.717, 1.165) is 14.9 Å². The number of carbonyl (C=O) groups excluding carboxylic acids is 3. The molecule has 0 aromatic heterocycles. The topological polar surface area (TPSA) is 63.7 Å². The molecule has 132 valence electrons. The summed E-state index contributed by atoms with van der Waals surface area (Å²) in [5.41, 5.74) is 2.21. The van der Waals surface area contributed by atoms with Gasteiger partial charge in [0.2, 0.25) is 11.8 Å². The van der Waals surface area contributed by atoms with Gasteiger partial charge in [-0.1, -0.05) is 40.5 Å². The Morgan fingerprint density at radius 1 is 1.00 bits per heavy atom. The van der Waals surface area contributed by atoms with E-state index in [1.165, 1.54) is 0 Å². The Bertz CT molecular complexity index is 937. The van der Waals surface area contributed by atoms with Gasteiger partial charge in [-0.2, -0.15) is 0 Å². The van der Waals surface area contributed by atoms with Crippen LogP contribution in [0, 0.1) is 18.8 Å². The molecule has 3 atom stereocenters. The lowest BCUT2D eigenvalue weighted by atomic mass is 9.72. The van der Waals surface area contributed by atoms with Gasteiger partial charge in [-0.25, -0.2) is 4.90 Å². The van der Waals surface area contributed by atoms with Crippen LogP contribution in [0.3, 0.4) is 0 Å². The molecular weight excluding hydrogens is 398 g/mol. The zero-order valence-corrected chi connectivity index (χ0v) is 15.8. The van der Waals surface area contributed by atoms with Crippen LogP contribution in [0.4, 0.5) is 5.69 Å². The minimum absolute atomic E-state index is 0.305. The van der Waals surface area contributed by atoms with Crippen molar-refractivity contribution in [3.63, 3.8) is 0 Å². The summed E-state index contributed by atoms with van der Waals surface area (Å²) in [7, 11) is 0. The number of esters is 1. The summed E-state index contributed by atoms with van der Waals surface area (Å²) in [5.74, 6) is -3.10. The van der Waals surface area contributed by atoms with Gasteiger partial charge in [0.1, 0.15) is 11.7 Å². The molecule has 0 spiro atoms. The first-order chi connectivity index (χ1) is 12.4. The van der Waals surface area contributed by atoms with Crippen LogP contribution in [-0.2, 0) is 14.4 Å². The van der Waals surface area contributed by atoms with Crippen molar-refractivity contribution in [1.82, 2.24) is 0 Å². The number of rotatable bonds is 1. The fourth-order valence-corrected chi connectivity index (χ4v) is 4.12. The Hall–Kier alpha value is -2.47. The van der Waals surface area contributed by atoms with Crippen LogP contribution in [0.1, 0.15) is 24.0 Å². The fourth-order valence-electron chi connectivity index (χ4n) is 3.74. The molecule has 2 heterocycles. The van der Waals surface area contributed by atoms with Crippen molar-refractivity contribution in [2.24, 2.45) is 11.8 Å². The van der Waals surface area contributed by atoms with Crippen molar-refractivity contribution < 1.29 is 19.1 Å². The molecule has 5 nitrogen and oxygen atoms in total. The predicted molar refractivity (Wildman–Crippen MR) is 98.8 cm³/mol. The third-order valence-electron chi connectivity index (χ3n) is 5.08. The summed E-state index contributed by atoms with van der Waals surface area (Å²) < 4.78 is 6.20. The Labute approximate surface area is 159 Å². The number of piperidine rings is 1. The first kappa shape index (κ1) is 17.0. The number of imide groups is 1. The van der Waals surface area contributed by atoms with Crippen molar-refractivity contribution in [2.75, 3.05) is 4.90 Å². The lowest BCUT2D eigenvalue weighted by Gasteiger charge is -2.42. The highest BCUT2D eigenvalue weighted by Gasteiger charge is 2.54. The van der Waals surface area contributed by atoms with Crippen LogP contribution >= 0.6 is 15.9 Å². The molecular formula is C20H16BrNO4. The fraction of sp³-hybridized carbons (Fsp3) is 0.250. The normalized spacial score (nSPS) is 24.8. The van der Waals surface area contributed by atoms with Gasteiger partial charge < -0.3 is 4.74 Å².